The highest BCUT2D eigenvalue weighted by molar-refractivity contribution is 5.39. The molecule has 0 aromatic carbocycles. The van der Waals surface area contributed by atoms with Crippen molar-refractivity contribution in [3.05, 3.63) is 23.9 Å². The van der Waals surface area contributed by atoms with Crippen LogP contribution in [0.2, 0.25) is 0 Å². The van der Waals surface area contributed by atoms with E-state index in [9.17, 15) is 0 Å². The van der Waals surface area contributed by atoms with E-state index in [1.807, 2.05) is 0 Å². The lowest BCUT2D eigenvalue weighted by molar-refractivity contribution is 0.258. The number of nitrogens with one attached hydrogen (secondary N) is 1. The van der Waals surface area contributed by atoms with E-state index < -0.39 is 0 Å². The van der Waals surface area contributed by atoms with Gasteiger partial charge in [-0.05, 0) is 31.6 Å². The summed E-state index contributed by atoms with van der Waals surface area (Å²) in [5, 5.41) is 3.33. The molecule has 0 unspecified atom stereocenters. The van der Waals surface area contributed by atoms with Gasteiger partial charge in [0.15, 0.2) is 0 Å². The van der Waals surface area contributed by atoms with Gasteiger partial charge < -0.3 is 10.2 Å². The van der Waals surface area contributed by atoms with Gasteiger partial charge in [0, 0.05) is 32.7 Å². The molecule has 0 spiro atoms. The lowest BCUT2D eigenvalue weighted by Gasteiger charge is -2.35. The third-order valence-electron chi connectivity index (χ3n) is 3.58. The van der Waals surface area contributed by atoms with Crippen molar-refractivity contribution in [3.8, 4) is 0 Å². The lowest BCUT2D eigenvalue weighted by Crippen LogP contribution is -2.46. The molecule has 1 fully saturated rings. The molecule has 0 bridgehead atoms. The molecular weight excluding hydrogens is 236 g/mol. The smallest absolute Gasteiger partial charge is 0.128 e. The van der Waals surface area contributed by atoms with E-state index in [0.717, 1.165) is 50.8 Å². The molecule has 19 heavy (non-hydrogen) atoms. The van der Waals surface area contributed by atoms with E-state index in [4.69, 9.17) is 4.98 Å². The minimum absolute atomic E-state index is 0.861. The van der Waals surface area contributed by atoms with Crippen molar-refractivity contribution in [1.82, 2.24) is 15.2 Å². The molecule has 4 nitrogen and oxygen atoms in total. The van der Waals surface area contributed by atoms with Crippen LogP contribution in [0.1, 0.15) is 26.0 Å². The molecule has 106 valence electrons. The topological polar surface area (TPSA) is 31.4 Å². The Balaban J connectivity index is 1.91. The maximum absolute atomic E-state index is 4.75. The minimum atomic E-state index is 0.861. The molecular formula is C15H26N4. The third-order valence-corrected chi connectivity index (χ3v) is 3.58. The van der Waals surface area contributed by atoms with Crippen molar-refractivity contribution < 1.29 is 0 Å². The van der Waals surface area contributed by atoms with Crippen LogP contribution in [0.5, 0.6) is 0 Å². The Kier molecular flexibility index (Phi) is 5.61. The normalized spacial score (nSPS) is 16.8. The van der Waals surface area contributed by atoms with Gasteiger partial charge in [0.1, 0.15) is 5.82 Å². The summed E-state index contributed by atoms with van der Waals surface area (Å²) in [6.07, 6.45) is 1.25. The monoisotopic (exact) mass is 262 g/mol. The first kappa shape index (κ1) is 14.3. The average molecular weight is 262 g/mol. The number of anilines is 1. The Labute approximate surface area is 116 Å². The minimum Gasteiger partial charge on any atom is -0.354 e. The van der Waals surface area contributed by atoms with Gasteiger partial charge in [-0.3, -0.25) is 4.90 Å². The summed E-state index contributed by atoms with van der Waals surface area (Å²) < 4.78 is 0. The summed E-state index contributed by atoms with van der Waals surface area (Å²) >= 11 is 0. The quantitative estimate of drug-likeness (QED) is 0.846. The highest BCUT2D eigenvalue weighted by Crippen LogP contribution is 2.14. The van der Waals surface area contributed by atoms with E-state index in [1.54, 1.807) is 0 Å². The van der Waals surface area contributed by atoms with Crippen molar-refractivity contribution in [1.29, 1.82) is 0 Å². The highest BCUT2D eigenvalue weighted by Gasteiger charge is 2.17. The summed E-state index contributed by atoms with van der Waals surface area (Å²) in [4.78, 5) is 9.69. The van der Waals surface area contributed by atoms with Gasteiger partial charge in [-0.15, -0.1) is 0 Å². The van der Waals surface area contributed by atoms with E-state index >= 15 is 0 Å². The predicted octanol–water partition coefficient (Wildman–Crippen LogP) is 1.72. The maximum Gasteiger partial charge on any atom is 0.128 e. The van der Waals surface area contributed by atoms with Gasteiger partial charge >= 0.3 is 0 Å². The van der Waals surface area contributed by atoms with Crippen LogP contribution < -0.4 is 10.2 Å². The predicted molar refractivity (Wildman–Crippen MR) is 80.6 cm³/mol. The zero-order valence-corrected chi connectivity index (χ0v) is 12.2. The summed E-state index contributed by atoms with van der Waals surface area (Å²) in [7, 11) is 0. The van der Waals surface area contributed by atoms with Gasteiger partial charge in [0.2, 0.25) is 0 Å². The third kappa shape index (κ3) is 4.18. The molecule has 1 aromatic heterocycles. The number of aromatic nitrogens is 1. The fourth-order valence-electron chi connectivity index (χ4n) is 2.51. The molecule has 0 amide bonds. The number of rotatable bonds is 6. The molecule has 1 saturated heterocycles. The molecule has 1 N–H and O–H groups in total. The van der Waals surface area contributed by atoms with E-state index in [0.29, 0.717) is 0 Å². The Bertz CT molecular complexity index is 372. The SMILES string of the molecule is CCCN1CCN(c2cccc(CNCC)n2)CC1. The van der Waals surface area contributed by atoms with Gasteiger partial charge in [-0.1, -0.05) is 19.9 Å². The van der Waals surface area contributed by atoms with E-state index in [2.05, 4.69) is 47.2 Å². The summed E-state index contributed by atoms with van der Waals surface area (Å²) in [5.74, 6) is 1.13. The first-order valence-corrected chi connectivity index (χ1v) is 7.47. The highest BCUT2D eigenvalue weighted by atomic mass is 15.3. The molecule has 4 heteroatoms. The Morgan fingerprint density at radius 1 is 1.16 bits per heavy atom. The average Bonchev–Trinajstić information content (AvgIpc) is 2.46. The number of nitrogens with zero attached hydrogens (tertiary/aromatic N) is 3. The molecule has 0 atom stereocenters. The summed E-state index contributed by atoms with van der Waals surface area (Å²) in [5.41, 5.74) is 1.13. The maximum atomic E-state index is 4.75. The lowest BCUT2D eigenvalue weighted by atomic mass is 10.2. The van der Waals surface area contributed by atoms with Gasteiger partial charge in [0.25, 0.3) is 0 Å². The molecule has 0 aliphatic carbocycles. The van der Waals surface area contributed by atoms with Crippen LogP contribution in [-0.4, -0.2) is 49.2 Å². The van der Waals surface area contributed by atoms with Crippen LogP contribution in [0, 0.1) is 0 Å². The molecule has 0 saturated carbocycles. The van der Waals surface area contributed by atoms with Gasteiger partial charge in [-0.2, -0.15) is 0 Å². The van der Waals surface area contributed by atoms with E-state index in [1.165, 1.54) is 13.0 Å². The number of piperazine rings is 1. The zero-order chi connectivity index (χ0) is 13.5. The summed E-state index contributed by atoms with van der Waals surface area (Å²) in [6, 6.07) is 6.35. The van der Waals surface area contributed by atoms with Crippen LogP contribution in [0.3, 0.4) is 0 Å². The van der Waals surface area contributed by atoms with Gasteiger partial charge in [0.05, 0.1) is 5.69 Å². The van der Waals surface area contributed by atoms with E-state index in [-0.39, 0.29) is 0 Å². The fourth-order valence-corrected chi connectivity index (χ4v) is 2.51. The van der Waals surface area contributed by atoms with Crippen molar-refractivity contribution in [2.75, 3.05) is 44.2 Å². The summed E-state index contributed by atoms with van der Waals surface area (Å²) in [6.45, 7) is 12.0. The second-order valence-electron chi connectivity index (χ2n) is 5.10. The standard InChI is InChI=1S/C15H26N4/c1-3-8-18-9-11-19(12-10-18)15-7-5-6-14(17-15)13-16-4-2/h5-7,16H,3-4,8-13H2,1-2H3. The van der Waals surface area contributed by atoms with Crippen molar-refractivity contribution >= 4 is 5.82 Å². The van der Waals surface area contributed by atoms with Crippen LogP contribution in [-0.2, 0) is 6.54 Å². The second-order valence-corrected chi connectivity index (χ2v) is 5.10. The number of hydrogen-bond donors (Lipinski definition) is 1. The fraction of sp³-hybridized carbons (Fsp3) is 0.667. The number of hydrogen-bond acceptors (Lipinski definition) is 4. The molecule has 1 aromatic rings. The van der Waals surface area contributed by atoms with Crippen molar-refractivity contribution in [2.24, 2.45) is 0 Å². The Hall–Kier alpha value is -1.13. The first-order chi connectivity index (χ1) is 9.33. The molecule has 2 rings (SSSR count). The van der Waals surface area contributed by atoms with Crippen molar-refractivity contribution in [2.45, 2.75) is 26.8 Å². The largest absolute Gasteiger partial charge is 0.354 e. The second kappa shape index (κ2) is 7.46. The first-order valence-electron chi connectivity index (χ1n) is 7.47. The molecule has 1 aliphatic rings. The van der Waals surface area contributed by atoms with Crippen LogP contribution in [0.25, 0.3) is 0 Å². The van der Waals surface area contributed by atoms with Crippen LogP contribution in [0.15, 0.2) is 18.2 Å². The van der Waals surface area contributed by atoms with Crippen LogP contribution in [0.4, 0.5) is 5.82 Å². The van der Waals surface area contributed by atoms with Crippen LogP contribution >= 0.6 is 0 Å². The Morgan fingerprint density at radius 2 is 1.95 bits per heavy atom. The molecule has 0 radical (unpaired) electrons. The Morgan fingerprint density at radius 3 is 2.63 bits per heavy atom. The molecule has 1 aliphatic heterocycles. The number of pyridine rings is 1. The van der Waals surface area contributed by atoms with Gasteiger partial charge in [-0.25, -0.2) is 4.98 Å². The molecule has 2 heterocycles. The van der Waals surface area contributed by atoms with Crippen molar-refractivity contribution in [3.63, 3.8) is 0 Å². The zero-order valence-electron chi connectivity index (χ0n) is 12.2.